The van der Waals surface area contributed by atoms with Crippen molar-refractivity contribution >= 4 is 11.4 Å². The molecular weight excluding hydrogens is 223 g/mol. The molecule has 3 N–H and O–H groups in total. The van der Waals surface area contributed by atoms with Crippen LogP contribution in [0.3, 0.4) is 0 Å². The highest BCUT2D eigenvalue weighted by Gasteiger charge is 2.13. The second-order valence-corrected chi connectivity index (χ2v) is 4.00. The number of hydrogen-bond acceptors (Lipinski definition) is 4. The molecule has 0 heterocycles. The molecular formula is C12H19FN2O2. The number of halogens is 1. The average Bonchev–Trinajstić information content (AvgIpc) is 2.21. The third-order valence-corrected chi connectivity index (χ3v) is 2.33. The van der Waals surface area contributed by atoms with Gasteiger partial charge in [-0.2, -0.15) is 0 Å². The van der Waals surface area contributed by atoms with Crippen LogP contribution in [0.25, 0.3) is 0 Å². The van der Waals surface area contributed by atoms with Crippen LogP contribution in [0, 0.1) is 5.82 Å². The Hall–Kier alpha value is -1.49. The van der Waals surface area contributed by atoms with Gasteiger partial charge in [0.2, 0.25) is 0 Å². The average molecular weight is 242 g/mol. The molecule has 0 amide bonds. The number of aliphatic hydroxyl groups is 1. The highest BCUT2D eigenvalue weighted by Crippen LogP contribution is 2.30. The van der Waals surface area contributed by atoms with Gasteiger partial charge in [0.05, 0.1) is 24.1 Å². The molecule has 0 bridgehead atoms. The summed E-state index contributed by atoms with van der Waals surface area (Å²) in [4.78, 5) is 1.77. The van der Waals surface area contributed by atoms with Gasteiger partial charge in [-0.1, -0.05) is 0 Å². The number of rotatable bonds is 5. The van der Waals surface area contributed by atoms with E-state index in [1.807, 2.05) is 0 Å². The van der Waals surface area contributed by atoms with E-state index in [0.29, 0.717) is 24.5 Å². The summed E-state index contributed by atoms with van der Waals surface area (Å²) in [7, 11) is 1.78. The molecule has 0 aliphatic heterocycles. The summed E-state index contributed by atoms with van der Waals surface area (Å²) in [5.74, 6) is -0.298. The first-order chi connectivity index (χ1) is 7.95. The first-order valence-electron chi connectivity index (χ1n) is 5.56. The first kappa shape index (κ1) is 13.6. The van der Waals surface area contributed by atoms with E-state index in [4.69, 9.17) is 10.5 Å². The van der Waals surface area contributed by atoms with Gasteiger partial charge in [0.15, 0.2) is 11.6 Å². The molecule has 0 aromatic heterocycles. The number of likely N-dealkylation sites (N-methyl/N-ethyl adjacent to an activating group) is 1. The predicted molar refractivity (Wildman–Crippen MR) is 66.9 cm³/mol. The van der Waals surface area contributed by atoms with Crippen molar-refractivity contribution in [1.29, 1.82) is 0 Å². The number of ether oxygens (including phenoxy) is 1. The molecule has 0 saturated carbocycles. The Kier molecular flexibility index (Phi) is 4.57. The van der Waals surface area contributed by atoms with Crippen molar-refractivity contribution in [3.8, 4) is 5.75 Å². The Morgan fingerprint density at radius 2 is 2.18 bits per heavy atom. The number of nitrogens with zero attached hydrogens (tertiary/aromatic N) is 1. The minimum absolute atomic E-state index is 0.175. The van der Waals surface area contributed by atoms with Gasteiger partial charge in [-0.25, -0.2) is 4.39 Å². The van der Waals surface area contributed by atoms with Gasteiger partial charge in [-0.3, -0.25) is 0 Å². The van der Waals surface area contributed by atoms with Crippen molar-refractivity contribution in [1.82, 2.24) is 0 Å². The van der Waals surface area contributed by atoms with E-state index in [0.717, 1.165) is 0 Å². The Morgan fingerprint density at radius 1 is 1.53 bits per heavy atom. The number of nitrogens with two attached hydrogens (primary N) is 1. The van der Waals surface area contributed by atoms with Crippen molar-refractivity contribution in [3.63, 3.8) is 0 Å². The van der Waals surface area contributed by atoms with Crippen LogP contribution in [-0.4, -0.2) is 31.4 Å². The highest BCUT2D eigenvalue weighted by atomic mass is 19.1. The fourth-order valence-electron chi connectivity index (χ4n) is 1.65. The molecule has 96 valence electrons. The quantitative estimate of drug-likeness (QED) is 0.770. The van der Waals surface area contributed by atoms with Crippen LogP contribution in [0.1, 0.15) is 13.8 Å². The third kappa shape index (κ3) is 3.49. The zero-order valence-corrected chi connectivity index (χ0v) is 10.4. The van der Waals surface area contributed by atoms with Gasteiger partial charge in [-0.05, 0) is 13.8 Å². The lowest BCUT2D eigenvalue weighted by Gasteiger charge is -2.23. The molecule has 4 nitrogen and oxygen atoms in total. The van der Waals surface area contributed by atoms with E-state index >= 15 is 0 Å². The smallest absolute Gasteiger partial charge is 0.167 e. The van der Waals surface area contributed by atoms with E-state index in [1.165, 1.54) is 6.07 Å². The van der Waals surface area contributed by atoms with Crippen LogP contribution >= 0.6 is 0 Å². The summed E-state index contributed by atoms with van der Waals surface area (Å²) in [6.07, 6.45) is -0.486. The lowest BCUT2D eigenvalue weighted by Crippen LogP contribution is -2.27. The maximum atomic E-state index is 13.5. The number of hydrogen-bond donors (Lipinski definition) is 2. The van der Waals surface area contributed by atoms with E-state index in [-0.39, 0.29) is 5.75 Å². The van der Waals surface area contributed by atoms with E-state index in [2.05, 4.69) is 0 Å². The lowest BCUT2D eigenvalue weighted by molar-refractivity contribution is 0.201. The van der Waals surface area contributed by atoms with Crippen molar-refractivity contribution in [2.24, 2.45) is 0 Å². The lowest BCUT2D eigenvalue weighted by atomic mass is 10.2. The van der Waals surface area contributed by atoms with Crippen LogP contribution in [0.2, 0.25) is 0 Å². The Labute approximate surface area is 101 Å². The summed E-state index contributed by atoms with van der Waals surface area (Å²) >= 11 is 0. The predicted octanol–water partition coefficient (Wildman–Crippen LogP) is 1.62. The molecule has 0 aliphatic carbocycles. The summed E-state index contributed by atoms with van der Waals surface area (Å²) in [5, 5.41) is 9.31. The van der Waals surface area contributed by atoms with E-state index < -0.39 is 11.9 Å². The molecule has 0 fully saturated rings. The maximum Gasteiger partial charge on any atom is 0.167 e. The fourth-order valence-corrected chi connectivity index (χ4v) is 1.65. The number of benzene rings is 1. The first-order valence-corrected chi connectivity index (χ1v) is 5.56. The number of aliphatic hydroxyl groups excluding tert-OH is 1. The molecule has 1 rings (SSSR count). The standard InChI is InChI=1S/C12H19FN2O2/c1-4-17-12-6-11(10(14)5-9(12)13)15(3)7-8(2)16/h5-6,8,16H,4,7,14H2,1-3H3. The molecule has 0 aliphatic rings. The fraction of sp³-hybridized carbons (Fsp3) is 0.500. The van der Waals surface area contributed by atoms with Gasteiger partial charge in [-0.15, -0.1) is 0 Å². The van der Waals surface area contributed by atoms with Crippen LogP contribution in [0.5, 0.6) is 5.75 Å². The van der Waals surface area contributed by atoms with Crippen LogP contribution in [-0.2, 0) is 0 Å². The van der Waals surface area contributed by atoms with Gasteiger partial charge in [0.1, 0.15) is 0 Å². The third-order valence-electron chi connectivity index (χ3n) is 2.33. The minimum Gasteiger partial charge on any atom is -0.491 e. The molecule has 0 saturated heterocycles. The van der Waals surface area contributed by atoms with E-state index in [9.17, 15) is 9.50 Å². The van der Waals surface area contributed by atoms with Crippen LogP contribution in [0.4, 0.5) is 15.8 Å². The molecule has 1 aromatic rings. The Bertz CT molecular complexity index is 383. The molecule has 17 heavy (non-hydrogen) atoms. The van der Waals surface area contributed by atoms with Crippen molar-refractivity contribution < 1.29 is 14.2 Å². The van der Waals surface area contributed by atoms with Gasteiger partial charge in [0.25, 0.3) is 0 Å². The topological polar surface area (TPSA) is 58.7 Å². The van der Waals surface area contributed by atoms with Crippen LogP contribution in [0.15, 0.2) is 12.1 Å². The Morgan fingerprint density at radius 3 is 2.71 bits per heavy atom. The second-order valence-electron chi connectivity index (χ2n) is 4.00. The van der Waals surface area contributed by atoms with Crippen molar-refractivity contribution in [3.05, 3.63) is 17.9 Å². The molecule has 0 radical (unpaired) electrons. The van der Waals surface area contributed by atoms with Gasteiger partial charge < -0.3 is 20.5 Å². The summed E-state index contributed by atoms with van der Waals surface area (Å²) in [5.41, 5.74) is 6.72. The summed E-state index contributed by atoms with van der Waals surface area (Å²) in [6, 6.07) is 2.79. The molecule has 1 atom stereocenters. The molecule has 5 heteroatoms. The Balaban J connectivity index is 3.02. The van der Waals surface area contributed by atoms with Gasteiger partial charge >= 0.3 is 0 Å². The zero-order valence-electron chi connectivity index (χ0n) is 10.4. The van der Waals surface area contributed by atoms with Crippen molar-refractivity contribution in [2.45, 2.75) is 20.0 Å². The second kappa shape index (κ2) is 5.72. The number of nitrogen functional groups attached to an aromatic ring is 1. The number of anilines is 2. The molecule has 1 unspecified atom stereocenters. The maximum absolute atomic E-state index is 13.5. The summed E-state index contributed by atoms with van der Waals surface area (Å²) in [6.45, 7) is 4.27. The summed E-state index contributed by atoms with van der Waals surface area (Å²) < 4.78 is 18.6. The van der Waals surface area contributed by atoms with Crippen molar-refractivity contribution in [2.75, 3.05) is 30.8 Å². The SMILES string of the molecule is CCOc1cc(N(C)CC(C)O)c(N)cc1F. The molecule has 0 spiro atoms. The zero-order chi connectivity index (χ0) is 13.0. The minimum atomic E-state index is -0.486. The monoisotopic (exact) mass is 242 g/mol. The largest absolute Gasteiger partial charge is 0.491 e. The highest BCUT2D eigenvalue weighted by molar-refractivity contribution is 5.69. The normalized spacial score (nSPS) is 12.3. The van der Waals surface area contributed by atoms with Gasteiger partial charge in [0, 0.05) is 25.7 Å². The molecule has 1 aromatic carbocycles. The van der Waals surface area contributed by atoms with E-state index in [1.54, 1.807) is 31.9 Å². The van der Waals surface area contributed by atoms with Crippen LogP contribution < -0.4 is 15.4 Å².